The summed E-state index contributed by atoms with van der Waals surface area (Å²) in [5.74, 6) is 1.44. The zero-order chi connectivity index (χ0) is 19.9. The van der Waals surface area contributed by atoms with Gasteiger partial charge in [0, 0.05) is 6.61 Å². The van der Waals surface area contributed by atoms with E-state index in [1.165, 1.54) is 32.1 Å². The Morgan fingerprint density at radius 1 is 0.893 bits per heavy atom. The van der Waals surface area contributed by atoms with Crippen LogP contribution in [-0.2, 0) is 4.74 Å². The molecule has 3 heteroatoms. The zero-order valence-corrected chi connectivity index (χ0v) is 18.6. The highest BCUT2D eigenvalue weighted by Crippen LogP contribution is 2.43. The monoisotopic (exact) mass is 408 g/mol. The molecule has 0 heterocycles. The van der Waals surface area contributed by atoms with E-state index < -0.39 is 0 Å². The average molecular weight is 409 g/mol. The number of unbranched alkanes of at least 4 members (excludes halogenated alkanes) is 1. The van der Waals surface area contributed by atoms with E-state index in [0.29, 0.717) is 17.0 Å². The number of hydrogen-bond acceptors (Lipinski definition) is 1. The van der Waals surface area contributed by atoms with Crippen LogP contribution in [0.25, 0.3) is 0 Å². The van der Waals surface area contributed by atoms with Crippen LogP contribution in [0.3, 0.4) is 0 Å². The Labute approximate surface area is 176 Å². The van der Waals surface area contributed by atoms with Gasteiger partial charge in [-0.3, -0.25) is 0 Å². The van der Waals surface area contributed by atoms with Gasteiger partial charge in [0.1, 0.15) is 5.82 Å². The van der Waals surface area contributed by atoms with Crippen LogP contribution in [0.5, 0.6) is 0 Å². The lowest BCUT2D eigenvalue weighted by atomic mass is 9.76. The highest BCUT2D eigenvalue weighted by atomic mass is 35.5. The molecule has 0 radical (unpaired) electrons. The first-order chi connectivity index (χ1) is 13.6. The molecule has 0 atom stereocenters. The van der Waals surface area contributed by atoms with Crippen LogP contribution in [0, 0.1) is 11.7 Å². The van der Waals surface area contributed by atoms with Gasteiger partial charge in [0.15, 0.2) is 0 Å². The Morgan fingerprint density at radius 2 is 1.50 bits per heavy atom. The van der Waals surface area contributed by atoms with Gasteiger partial charge in [0.05, 0.1) is 11.1 Å². The summed E-state index contributed by atoms with van der Waals surface area (Å²) in [4.78, 5) is 0. The van der Waals surface area contributed by atoms with Gasteiger partial charge in [-0.1, -0.05) is 56.8 Å². The van der Waals surface area contributed by atoms with Gasteiger partial charge >= 0.3 is 0 Å². The third kappa shape index (κ3) is 5.51. The fraction of sp³-hybridized carbons (Fsp3) is 0.760. The van der Waals surface area contributed by atoms with Crippen molar-refractivity contribution in [3.63, 3.8) is 0 Å². The summed E-state index contributed by atoms with van der Waals surface area (Å²) in [5, 5.41) is 0.401. The molecule has 0 aromatic heterocycles. The first-order valence-electron chi connectivity index (χ1n) is 11.7. The number of halogens is 2. The lowest BCUT2D eigenvalue weighted by Crippen LogP contribution is -2.22. The van der Waals surface area contributed by atoms with Gasteiger partial charge in [-0.25, -0.2) is 4.39 Å². The number of hydrogen-bond donors (Lipinski definition) is 0. The van der Waals surface area contributed by atoms with E-state index in [2.05, 4.69) is 19.9 Å². The number of rotatable bonds is 8. The van der Waals surface area contributed by atoms with Gasteiger partial charge in [-0.2, -0.15) is 0 Å². The van der Waals surface area contributed by atoms with Crippen LogP contribution in [0.2, 0.25) is 5.02 Å². The fourth-order valence-electron chi connectivity index (χ4n) is 5.32. The molecule has 2 aliphatic carbocycles. The Balaban J connectivity index is 1.59. The van der Waals surface area contributed by atoms with Crippen LogP contribution < -0.4 is 0 Å². The van der Waals surface area contributed by atoms with E-state index in [0.717, 1.165) is 68.6 Å². The Kier molecular flexibility index (Phi) is 8.66. The van der Waals surface area contributed by atoms with Gasteiger partial charge in [0.25, 0.3) is 0 Å². The van der Waals surface area contributed by atoms with Crippen molar-refractivity contribution >= 4 is 11.6 Å². The Bertz CT molecular complexity index is 601. The molecule has 1 aromatic carbocycles. The number of ether oxygens (including phenoxy) is 1. The first kappa shape index (κ1) is 22.1. The van der Waals surface area contributed by atoms with E-state index in [1.807, 2.05) is 6.07 Å². The average Bonchev–Trinajstić information content (AvgIpc) is 2.72. The van der Waals surface area contributed by atoms with Crippen LogP contribution in [0.1, 0.15) is 114 Å². The summed E-state index contributed by atoms with van der Waals surface area (Å²) >= 11 is 6.56. The smallest absolute Gasteiger partial charge is 0.145 e. The fourth-order valence-corrected chi connectivity index (χ4v) is 5.64. The molecule has 0 N–H and O–H groups in total. The van der Waals surface area contributed by atoms with Crippen molar-refractivity contribution in [2.45, 2.75) is 109 Å². The molecule has 1 nitrogen and oxygen atoms in total. The molecule has 28 heavy (non-hydrogen) atoms. The van der Waals surface area contributed by atoms with Crippen molar-refractivity contribution in [3.8, 4) is 0 Å². The van der Waals surface area contributed by atoms with E-state index in [9.17, 15) is 0 Å². The third-order valence-electron chi connectivity index (χ3n) is 7.09. The van der Waals surface area contributed by atoms with Gasteiger partial charge < -0.3 is 4.74 Å². The molecule has 158 valence electrons. The van der Waals surface area contributed by atoms with Crippen molar-refractivity contribution in [2.24, 2.45) is 5.92 Å². The van der Waals surface area contributed by atoms with E-state index in [4.69, 9.17) is 16.3 Å². The zero-order valence-electron chi connectivity index (χ0n) is 17.8. The van der Waals surface area contributed by atoms with Crippen LogP contribution >= 0.6 is 11.6 Å². The van der Waals surface area contributed by atoms with E-state index in [1.54, 1.807) is 0 Å². The van der Waals surface area contributed by atoms with Crippen molar-refractivity contribution < 1.29 is 9.13 Å². The van der Waals surface area contributed by atoms with Gasteiger partial charge in [0.2, 0.25) is 0 Å². The molecule has 0 unspecified atom stereocenters. The topological polar surface area (TPSA) is 9.23 Å². The van der Waals surface area contributed by atoms with Crippen molar-refractivity contribution in [2.75, 3.05) is 6.61 Å². The van der Waals surface area contributed by atoms with E-state index in [-0.39, 0.29) is 11.7 Å². The molecule has 0 bridgehead atoms. The first-order valence-corrected chi connectivity index (χ1v) is 12.1. The molecule has 2 aliphatic rings. The summed E-state index contributed by atoms with van der Waals surface area (Å²) in [6.45, 7) is 5.32. The van der Waals surface area contributed by atoms with Crippen LogP contribution in [0.4, 0.5) is 4.39 Å². The minimum Gasteiger partial charge on any atom is -0.378 e. The summed E-state index contributed by atoms with van der Waals surface area (Å²) in [5.41, 5.74) is 1.88. The molecule has 0 aliphatic heterocycles. The summed E-state index contributed by atoms with van der Waals surface area (Å²) in [6.07, 6.45) is 14.2. The second kappa shape index (κ2) is 11.0. The molecular formula is C25H38ClFO. The highest BCUT2D eigenvalue weighted by molar-refractivity contribution is 6.31. The van der Waals surface area contributed by atoms with E-state index >= 15 is 4.39 Å². The minimum atomic E-state index is -0.148. The lowest BCUT2D eigenvalue weighted by molar-refractivity contribution is 0.0230. The standard InChI is InChI=1S/C25H38ClFO/c1-3-5-17-28-21-13-11-20(12-14-21)23-16-15-22(24(26)25(23)27)19-9-7-18(6-4-2)8-10-19/h15-16,18-21H,3-14,17H2,1-2H3. The van der Waals surface area contributed by atoms with Gasteiger partial charge in [-0.15, -0.1) is 0 Å². The Morgan fingerprint density at radius 3 is 2.14 bits per heavy atom. The molecule has 2 fully saturated rings. The molecule has 0 amide bonds. The van der Waals surface area contributed by atoms with Crippen molar-refractivity contribution in [3.05, 3.63) is 34.1 Å². The predicted octanol–water partition coefficient (Wildman–Crippen LogP) is 8.40. The van der Waals surface area contributed by atoms with Crippen LogP contribution in [-0.4, -0.2) is 12.7 Å². The molecular weight excluding hydrogens is 371 g/mol. The molecule has 0 saturated heterocycles. The second-order valence-corrected chi connectivity index (χ2v) is 9.45. The predicted molar refractivity (Wildman–Crippen MR) is 117 cm³/mol. The highest BCUT2D eigenvalue weighted by Gasteiger charge is 2.29. The maximum Gasteiger partial charge on any atom is 0.145 e. The lowest BCUT2D eigenvalue weighted by Gasteiger charge is -2.31. The third-order valence-corrected chi connectivity index (χ3v) is 7.48. The molecule has 1 aromatic rings. The molecule has 3 rings (SSSR count). The van der Waals surface area contributed by atoms with Crippen LogP contribution in [0.15, 0.2) is 12.1 Å². The summed E-state index contributed by atoms with van der Waals surface area (Å²) in [7, 11) is 0. The minimum absolute atomic E-state index is 0.148. The maximum absolute atomic E-state index is 15.2. The molecule has 0 spiro atoms. The normalized spacial score (nSPS) is 28.4. The molecule has 2 saturated carbocycles. The largest absolute Gasteiger partial charge is 0.378 e. The number of benzene rings is 1. The van der Waals surface area contributed by atoms with Crippen molar-refractivity contribution in [1.82, 2.24) is 0 Å². The van der Waals surface area contributed by atoms with Gasteiger partial charge in [-0.05, 0) is 86.7 Å². The second-order valence-electron chi connectivity index (χ2n) is 9.08. The Hall–Kier alpha value is -0.600. The van der Waals surface area contributed by atoms with Crippen molar-refractivity contribution in [1.29, 1.82) is 0 Å². The summed E-state index contributed by atoms with van der Waals surface area (Å²) < 4.78 is 21.1. The summed E-state index contributed by atoms with van der Waals surface area (Å²) in [6, 6.07) is 4.17. The maximum atomic E-state index is 15.2. The quantitative estimate of drug-likeness (QED) is 0.392. The SMILES string of the molecule is CCCCOC1CCC(c2ccc(C3CCC(CCC)CC3)c(Cl)c2F)CC1.